The maximum Gasteiger partial charge on any atom is 0.417 e. The predicted octanol–water partition coefficient (Wildman–Crippen LogP) is 3.04. The van der Waals surface area contributed by atoms with Crippen molar-refractivity contribution >= 4 is 0 Å². The van der Waals surface area contributed by atoms with E-state index in [1.807, 2.05) is 4.90 Å². The molecular weight excluding hydrogens is 326 g/mol. The quantitative estimate of drug-likeness (QED) is 0.871. The van der Waals surface area contributed by atoms with Crippen LogP contribution in [-0.2, 0) is 6.67 Å². The average Bonchev–Trinajstić information content (AvgIpc) is 2.98. The third kappa shape index (κ3) is 3.44. The molecule has 0 unspecified atom stereocenters. The van der Waals surface area contributed by atoms with Crippen LogP contribution in [-0.4, -0.2) is 44.7 Å². The van der Waals surface area contributed by atoms with E-state index in [2.05, 4.69) is 5.10 Å². The summed E-state index contributed by atoms with van der Waals surface area (Å²) in [7, 11) is 0. The van der Waals surface area contributed by atoms with Crippen molar-refractivity contribution in [1.82, 2.24) is 14.7 Å². The summed E-state index contributed by atoms with van der Waals surface area (Å²) in [6.45, 7) is 0.624. The molecule has 1 aliphatic heterocycles. The highest BCUT2D eigenvalue weighted by atomic mass is 19.4. The number of piperidine rings is 1. The van der Waals surface area contributed by atoms with Gasteiger partial charge in [0.05, 0.1) is 12.4 Å². The maximum absolute atomic E-state index is 12.9. The van der Waals surface area contributed by atoms with Gasteiger partial charge < -0.3 is 5.11 Å². The van der Waals surface area contributed by atoms with E-state index in [-0.39, 0.29) is 31.7 Å². The molecule has 2 aromatic rings. The van der Waals surface area contributed by atoms with Gasteiger partial charge in [0.15, 0.2) is 5.60 Å². The molecule has 0 spiro atoms. The van der Waals surface area contributed by atoms with Gasteiger partial charge in [-0.2, -0.15) is 18.3 Å². The Morgan fingerprint density at radius 1 is 1.08 bits per heavy atom. The summed E-state index contributed by atoms with van der Waals surface area (Å²) in [4.78, 5) is 1.81. The second kappa shape index (κ2) is 6.18. The second-order valence-electron chi connectivity index (χ2n) is 6.04. The molecule has 24 heavy (non-hydrogen) atoms. The molecule has 0 radical (unpaired) electrons. The fourth-order valence-corrected chi connectivity index (χ4v) is 2.77. The molecule has 3 rings (SSSR count). The molecule has 1 fully saturated rings. The fourth-order valence-electron chi connectivity index (χ4n) is 2.77. The fraction of sp³-hybridized carbons (Fsp3) is 0.438. The van der Waals surface area contributed by atoms with E-state index < -0.39 is 11.8 Å². The van der Waals surface area contributed by atoms with Gasteiger partial charge in [-0.15, -0.1) is 0 Å². The van der Waals surface area contributed by atoms with Gasteiger partial charge in [-0.3, -0.25) is 9.58 Å². The van der Waals surface area contributed by atoms with Crippen molar-refractivity contribution in [2.75, 3.05) is 13.1 Å². The first-order valence-corrected chi connectivity index (χ1v) is 7.58. The van der Waals surface area contributed by atoms with Crippen LogP contribution in [0, 0.1) is 5.82 Å². The largest absolute Gasteiger partial charge is 0.417 e. The first-order chi connectivity index (χ1) is 11.3. The minimum atomic E-state index is -4.60. The third-order valence-electron chi connectivity index (χ3n) is 4.34. The SMILES string of the molecule is OC1(C(F)(F)F)CCN(Cn2ccc(-c3ccc(F)cc3)n2)CC1. The molecule has 130 valence electrons. The molecule has 4 nitrogen and oxygen atoms in total. The predicted molar refractivity (Wildman–Crippen MR) is 79.4 cm³/mol. The van der Waals surface area contributed by atoms with Crippen molar-refractivity contribution in [1.29, 1.82) is 0 Å². The number of nitrogens with zero attached hydrogens (tertiary/aromatic N) is 3. The molecule has 0 bridgehead atoms. The van der Waals surface area contributed by atoms with Crippen molar-refractivity contribution in [2.45, 2.75) is 31.3 Å². The van der Waals surface area contributed by atoms with E-state index in [9.17, 15) is 22.7 Å². The zero-order chi connectivity index (χ0) is 17.4. The number of aromatic nitrogens is 2. The zero-order valence-electron chi connectivity index (χ0n) is 12.8. The van der Waals surface area contributed by atoms with Crippen LogP contribution in [0.3, 0.4) is 0 Å². The average molecular weight is 343 g/mol. The van der Waals surface area contributed by atoms with Gasteiger partial charge in [-0.25, -0.2) is 4.39 Å². The first kappa shape index (κ1) is 16.9. The van der Waals surface area contributed by atoms with E-state index in [4.69, 9.17) is 0 Å². The van der Waals surface area contributed by atoms with Crippen LogP contribution in [0.15, 0.2) is 36.5 Å². The summed E-state index contributed by atoms with van der Waals surface area (Å²) in [5.41, 5.74) is -1.16. The van der Waals surface area contributed by atoms with Gasteiger partial charge in [-0.1, -0.05) is 0 Å². The van der Waals surface area contributed by atoms with Crippen molar-refractivity contribution in [3.63, 3.8) is 0 Å². The third-order valence-corrected chi connectivity index (χ3v) is 4.34. The Bertz CT molecular complexity index is 688. The van der Waals surface area contributed by atoms with Crippen molar-refractivity contribution in [2.24, 2.45) is 0 Å². The molecule has 1 aromatic carbocycles. The monoisotopic (exact) mass is 343 g/mol. The lowest BCUT2D eigenvalue weighted by atomic mass is 9.91. The van der Waals surface area contributed by atoms with Gasteiger partial charge in [0.25, 0.3) is 0 Å². The highest BCUT2D eigenvalue weighted by Gasteiger charge is 2.54. The minimum Gasteiger partial charge on any atom is -0.380 e. The second-order valence-corrected chi connectivity index (χ2v) is 6.04. The maximum atomic E-state index is 12.9. The lowest BCUT2D eigenvalue weighted by molar-refractivity contribution is -0.273. The van der Waals surface area contributed by atoms with Crippen LogP contribution in [0.1, 0.15) is 12.8 Å². The number of halogens is 4. The summed E-state index contributed by atoms with van der Waals surface area (Å²) >= 11 is 0. The number of hydrogen-bond donors (Lipinski definition) is 1. The van der Waals surface area contributed by atoms with E-state index in [0.29, 0.717) is 12.4 Å². The molecule has 0 amide bonds. The van der Waals surface area contributed by atoms with Crippen LogP contribution in [0.25, 0.3) is 11.3 Å². The molecule has 1 N–H and O–H groups in total. The summed E-state index contributed by atoms with van der Waals surface area (Å²) in [5, 5.41) is 14.0. The smallest absolute Gasteiger partial charge is 0.380 e. The number of benzene rings is 1. The lowest BCUT2D eigenvalue weighted by Crippen LogP contribution is -2.53. The number of alkyl halides is 3. The zero-order valence-corrected chi connectivity index (χ0v) is 12.8. The van der Waals surface area contributed by atoms with Gasteiger partial charge in [0, 0.05) is 24.8 Å². The lowest BCUT2D eigenvalue weighted by Gasteiger charge is -2.38. The molecule has 1 aromatic heterocycles. The molecular formula is C16H17F4N3O. The van der Waals surface area contributed by atoms with Crippen LogP contribution in [0.5, 0.6) is 0 Å². The number of aliphatic hydroxyl groups is 1. The van der Waals surface area contributed by atoms with Gasteiger partial charge in [0.1, 0.15) is 5.82 Å². The van der Waals surface area contributed by atoms with Gasteiger partial charge in [0.2, 0.25) is 0 Å². The standard InChI is InChI=1S/C16H17F4N3O/c17-13-3-1-12(2-4-13)14-5-8-23(21-14)11-22-9-6-15(24,7-10-22)16(18,19)20/h1-5,8,24H,6-7,9-11H2. The molecule has 0 aliphatic carbocycles. The van der Waals surface area contributed by atoms with E-state index in [1.54, 1.807) is 29.1 Å². The summed E-state index contributed by atoms with van der Waals surface area (Å²) in [5.74, 6) is -0.330. The van der Waals surface area contributed by atoms with Crippen LogP contribution >= 0.6 is 0 Å². The summed E-state index contributed by atoms with van der Waals surface area (Å²) in [6, 6.07) is 7.69. The van der Waals surface area contributed by atoms with E-state index >= 15 is 0 Å². The Morgan fingerprint density at radius 3 is 2.29 bits per heavy atom. The number of rotatable bonds is 3. The minimum absolute atomic E-state index is 0.141. The molecule has 1 aliphatic rings. The first-order valence-electron chi connectivity index (χ1n) is 7.58. The topological polar surface area (TPSA) is 41.3 Å². The van der Waals surface area contributed by atoms with Gasteiger partial charge in [-0.05, 0) is 43.2 Å². The molecule has 2 heterocycles. The van der Waals surface area contributed by atoms with E-state index in [1.165, 1.54) is 12.1 Å². The number of likely N-dealkylation sites (tertiary alicyclic amines) is 1. The molecule has 0 atom stereocenters. The van der Waals surface area contributed by atoms with Crippen LogP contribution < -0.4 is 0 Å². The molecule has 1 saturated heterocycles. The Balaban J connectivity index is 1.61. The van der Waals surface area contributed by atoms with Gasteiger partial charge >= 0.3 is 6.18 Å². The molecule has 8 heteroatoms. The van der Waals surface area contributed by atoms with Crippen molar-refractivity contribution in [3.8, 4) is 11.3 Å². The van der Waals surface area contributed by atoms with Crippen molar-refractivity contribution < 1.29 is 22.7 Å². The highest BCUT2D eigenvalue weighted by Crippen LogP contribution is 2.38. The normalized spacial score (nSPS) is 18.7. The highest BCUT2D eigenvalue weighted by molar-refractivity contribution is 5.58. The Morgan fingerprint density at radius 2 is 1.71 bits per heavy atom. The summed E-state index contributed by atoms with van der Waals surface area (Å²) < 4.78 is 52.9. The Hall–Kier alpha value is -1.93. The Labute approximate surface area is 136 Å². The van der Waals surface area contributed by atoms with Crippen molar-refractivity contribution in [3.05, 3.63) is 42.3 Å². The van der Waals surface area contributed by atoms with Crippen LogP contribution in [0.4, 0.5) is 17.6 Å². The van der Waals surface area contributed by atoms with E-state index in [0.717, 1.165) is 5.56 Å². The number of hydrogen-bond acceptors (Lipinski definition) is 3. The Kier molecular flexibility index (Phi) is 4.35. The molecule has 0 saturated carbocycles. The van der Waals surface area contributed by atoms with Crippen LogP contribution in [0.2, 0.25) is 0 Å². The summed E-state index contributed by atoms with van der Waals surface area (Å²) in [6.07, 6.45) is -3.56.